The highest BCUT2D eigenvalue weighted by Crippen LogP contribution is 2.44. The van der Waals surface area contributed by atoms with Gasteiger partial charge in [-0.2, -0.15) is 0 Å². The van der Waals surface area contributed by atoms with Crippen LogP contribution >= 0.6 is 11.3 Å². The second-order valence-corrected chi connectivity index (χ2v) is 10.6. The summed E-state index contributed by atoms with van der Waals surface area (Å²) in [5, 5.41) is 13.9. The Morgan fingerprint density at radius 1 is 1.17 bits per heavy atom. The topological polar surface area (TPSA) is 92.9 Å². The van der Waals surface area contributed by atoms with Crippen LogP contribution in [0.25, 0.3) is 11.0 Å². The quantitative estimate of drug-likeness (QED) is 0.323. The minimum atomic E-state index is -0.861. The van der Waals surface area contributed by atoms with Crippen LogP contribution in [0, 0.1) is 6.92 Å². The van der Waals surface area contributed by atoms with Gasteiger partial charge in [0, 0.05) is 10.8 Å². The van der Waals surface area contributed by atoms with Crippen LogP contribution in [0.3, 0.4) is 0 Å². The van der Waals surface area contributed by atoms with Crippen molar-refractivity contribution < 1.29 is 23.8 Å². The Kier molecular flexibility index (Phi) is 5.71. The average Bonchev–Trinajstić information content (AvgIpc) is 3.54. The van der Waals surface area contributed by atoms with Crippen LogP contribution in [0.2, 0.25) is 0 Å². The number of hydrogen-bond donors (Lipinski definition) is 1. The summed E-state index contributed by atoms with van der Waals surface area (Å²) >= 11 is 1.28. The molecule has 0 radical (unpaired) electrons. The number of carbonyl (C=O) groups is 2. The van der Waals surface area contributed by atoms with E-state index >= 15 is 0 Å². The Morgan fingerprint density at radius 3 is 2.50 bits per heavy atom. The number of nitrogens with zero attached hydrogens (tertiary/aromatic N) is 2. The molecule has 8 heteroatoms. The van der Waals surface area contributed by atoms with Crippen molar-refractivity contribution in [1.82, 2.24) is 4.98 Å². The van der Waals surface area contributed by atoms with E-state index in [1.807, 2.05) is 36.6 Å². The van der Waals surface area contributed by atoms with Crippen molar-refractivity contribution in [2.24, 2.45) is 0 Å². The summed E-state index contributed by atoms with van der Waals surface area (Å²) in [7, 11) is 1.52. The lowest BCUT2D eigenvalue weighted by atomic mass is 9.85. The number of fused-ring (bicyclic) bond motifs is 1. The molecule has 5 rings (SSSR count). The predicted molar refractivity (Wildman–Crippen MR) is 139 cm³/mol. The molecule has 3 heterocycles. The van der Waals surface area contributed by atoms with Gasteiger partial charge in [-0.25, -0.2) is 4.98 Å². The summed E-state index contributed by atoms with van der Waals surface area (Å²) in [5.41, 5.74) is 2.84. The molecule has 4 aromatic rings. The third-order valence-electron chi connectivity index (χ3n) is 6.31. The molecule has 0 saturated carbocycles. The molecule has 0 saturated heterocycles. The summed E-state index contributed by atoms with van der Waals surface area (Å²) in [6, 6.07) is 13.8. The van der Waals surface area contributed by atoms with Gasteiger partial charge in [-0.3, -0.25) is 14.5 Å². The van der Waals surface area contributed by atoms with Crippen LogP contribution in [-0.4, -0.2) is 28.9 Å². The Morgan fingerprint density at radius 2 is 1.89 bits per heavy atom. The third kappa shape index (κ3) is 3.87. The molecule has 0 fully saturated rings. The summed E-state index contributed by atoms with van der Waals surface area (Å²) in [6.45, 7) is 8.17. The van der Waals surface area contributed by atoms with Gasteiger partial charge in [0.15, 0.2) is 28.0 Å². The Balaban J connectivity index is 1.65. The van der Waals surface area contributed by atoms with E-state index in [2.05, 4.69) is 25.8 Å². The Bertz CT molecular complexity index is 1520. The normalized spacial score (nSPS) is 16.3. The van der Waals surface area contributed by atoms with Gasteiger partial charge in [-0.1, -0.05) is 57.2 Å². The maximum absolute atomic E-state index is 13.8. The van der Waals surface area contributed by atoms with Crippen LogP contribution < -0.4 is 9.64 Å². The summed E-state index contributed by atoms with van der Waals surface area (Å²) < 4.78 is 11.2. The smallest absolute Gasteiger partial charge is 0.296 e. The van der Waals surface area contributed by atoms with E-state index in [0.29, 0.717) is 27.4 Å². The number of ketones is 1. The van der Waals surface area contributed by atoms with Gasteiger partial charge < -0.3 is 14.3 Å². The molecule has 1 unspecified atom stereocenters. The molecule has 1 aliphatic rings. The second-order valence-electron chi connectivity index (χ2n) is 9.80. The van der Waals surface area contributed by atoms with Crippen molar-refractivity contribution in [3.05, 3.63) is 87.8 Å². The second kappa shape index (κ2) is 8.64. The van der Waals surface area contributed by atoms with E-state index in [-0.39, 0.29) is 16.7 Å². The lowest BCUT2D eigenvalue weighted by molar-refractivity contribution is -0.117. The predicted octanol–water partition coefficient (Wildman–Crippen LogP) is 6.29. The maximum atomic E-state index is 13.8. The van der Waals surface area contributed by atoms with Crippen molar-refractivity contribution in [3.8, 4) is 5.75 Å². The number of aliphatic hydroxyl groups is 1. The van der Waals surface area contributed by atoms with Crippen molar-refractivity contribution in [2.75, 3.05) is 12.0 Å². The molecule has 2 aromatic carbocycles. The fraction of sp³-hybridized carbons (Fsp3) is 0.250. The first-order valence-corrected chi connectivity index (χ1v) is 12.4. The van der Waals surface area contributed by atoms with E-state index in [9.17, 15) is 14.7 Å². The van der Waals surface area contributed by atoms with Crippen molar-refractivity contribution in [3.63, 3.8) is 0 Å². The number of benzene rings is 2. The number of rotatable bonds is 5. The zero-order valence-electron chi connectivity index (χ0n) is 20.7. The van der Waals surface area contributed by atoms with Gasteiger partial charge in [0.2, 0.25) is 5.78 Å². The van der Waals surface area contributed by atoms with Crippen LogP contribution in [0.4, 0.5) is 5.13 Å². The summed E-state index contributed by atoms with van der Waals surface area (Å²) in [5.74, 6) is -1.35. The number of thiazole rings is 1. The number of amides is 1. The number of ether oxygens (including phenoxy) is 1. The third-order valence-corrected chi connectivity index (χ3v) is 7.27. The molecule has 0 spiro atoms. The SMILES string of the molecule is COc1cccc2cc(C(=O)C3=C(O)C(=O)N(c4nc(C)cs4)C3c3ccc(C(C)(C)C)cc3)oc12. The van der Waals surface area contributed by atoms with E-state index in [4.69, 9.17) is 9.15 Å². The standard InChI is InChI=1S/C28H26N2O5S/c1-15-14-36-27(29-15)30-22(16-9-11-18(12-10-16)28(2,3)4)21(24(32)26(30)33)23(31)20-13-17-7-6-8-19(34-5)25(17)35-20/h6-14,22,32H,1-5H3. The summed E-state index contributed by atoms with van der Waals surface area (Å²) in [6.07, 6.45) is 0. The molecule has 7 nitrogen and oxygen atoms in total. The van der Waals surface area contributed by atoms with Crippen LogP contribution in [-0.2, 0) is 10.2 Å². The van der Waals surface area contributed by atoms with Gasteiger partial charge in [0.1, 0.15) is 0 Å². The van der Waals surface area contributed by atoms with E-state index in [1.165, 1.54) is 23.3 Å². The average molecular weight is 503 g/mol. The minimum Gasteiger partial charge on any atom is -0.503 e. The molecular weight excluding hydrogens is 476 g/mol. The van der Waals surface area contributed by atoms with Gasteiger partial charge in [0.05, 0.1) is 24.4 Å². The van der Waals surface area contributed by atoms with Crippen molar-refractivity contribution >= 4 is 39.1 Å². The highest BCUT2D eigenvalue weighted by atomic mass is 32.1. The monoisotopic (exact) mass is 502 g/mol. The zero-order valence-corrected chi connectivity index (χ0v) is 21.5. The van der Waals surface area contributed by atoms with E-state index in [1.54, 1.807) is 24.3 Å². The molecule has 2 aromatic heterocycles. The number of aromatic nitrogens is 1. The fourth-order valence-corrected chi connectivity index (χ4v) is 5.24. The number of anilines is 1. The molecule has 1 N–H and O–H groups in total. The number of aryl methyl sites for hydroxylation is 1. The highest BCUT2D eigenvalue weighted by molar-refractivity contribution is 7.14. The van der Waals surface area contributed by atoms with Crippen molar-refractivity contribution in [1.29, 1.82) is 0 Å². The number of methoxy groups -OCH3 is 1. The lowest BCUT2D eigenvalue weighted by Crippen LogP contribution is -2.31. The first-order chi connectivity index (χ1) is 17.1. The Hall–Kier alpha value is -3.91. The number of hydrogen-bond acceptors (Lipinski definition) is 7. The molecule has 184 valence electrons. The van der Waals surface area contributed by atoms with E-state index < -0.39 is 23.5 Å². The number of para-hydroxylation sites is 1. The van der Waals surface area contributed by atoms with Crippen molar-refractivity contribution in [2.45, 2.75) is 39.2 Å². The largest absolute Gasteiger partial charge is 0.503 e. The van der Waals surface area contributed by atoms with Gasteiger partial charge in [-0.15, -0.1) is 11.3 Å². The molecule has 1 aliphatic heterocycles. The Labute approximate surface area is 212 Å². The minimum absolute atomic E-state index is 0.0114. The number of furan rings is 1. The lowest BCUT2D eigenvalue weighted by Gasteiger charge is -2.25. The fourth-order valence-electron chi connectivity index (χ4n) is 4.41. The maximum Gasteiger partial charge on any atom is 0.296 e. The van der Waals surface area contributed by atoms with Gasteiger partial charge in [-0.05, 0) is 35.6 Å². The van der Waals surface area contributed by atoms with Crippen LogP contribution in [0.15, 0.2) is 69.7 Å². The molecule has 36 heavy (non-hydrogen) atoms. The van der Waals surface area contributed by atoms with E-state index in [0.717, 1.165) is 11.3 Å². The first kappa shape index (κ1) is 23.8. The molecular formula is C28H26N2O5S. The highest BCUT2D eigenvalue weighted by Gasteiger charge is 2.46. The number of Topliss-reactive ketones (excluding diaryl/α,β-unsaturated/α-hetero) is 1. The molecule has 1 amide bonds. The van der Waals surface area contributed by atoms with Crippen LogP contribution in [0.5, 0.6) is 5.75 Å². The van der Waals surface area contributed by atoms with Crippen LogP contribution in [0.1, 0.15) is 54.2 Å². The van der Waals surface area contributed by atoms with Gasteiger partial charge in [0.25, 0.3) is 5.91 Å². The first-order valence-electron chi connectivity index (χ1n) is 11.5. The molecule has 1 atom stereocenters. The number of carbonyl (C=O) groups excluding carboxylic acids is 2. The number of aliphatic hydroxyl groups excluding tert-OH is 1. The van der Waals surface area contributed by atoms with Gasteiger partial charge >= 0.3 is 0 Å². The molecule has 0 bridgehead atoms. The zero-order chi connectivity index (χ0) is 25.8. The molecule has 0 aliphatic carbocycles. The summed E-state index contributed by atoms with van der Waals surface area (Å²) in [4.78, 5) is 33.0.